The average Bonchev–Trinajstić information content (AvgIpc) is 2.39. The summed E-state index contributed by atoms with van der Waals surface area (Å²) in [5, 5.41) is 0. The quantitative estimate of drug-likeness (QED) is 0.791. The Bertz CT molecular complexity index is 602. The minimum Gasteiger partial charge on any atom is -0.487 e. The van der Waals surface area contributed by atoms with Gasteiger partial charge in [0.15, 0.2) is 0 Å². The van der Waals surface area contributed by atoms with Crippen molar-refractivity contribution in [3.63, 3.8) is 0 Å². The highest BCUT2D eigenvalue weighted by Gasteiger charge is 2.08. The molecular weight excluding hydrogens is 392 g/mol. The van der Waals surface area contributed by atoms with Gasteiger partial charge in [0.05, 0.1) is 11.3 Å². The number of aromatic nitrogens is 1. The molecule has 6 heteroatoms. The Morgan fingerprint density at radius 1 is 1.21 bits per heavy atom. The molecule has 0 aliphatic rings. The summed E-state index contributed by atoms with van der Waals surface area (Å²) in [4.78, 5) is 4.55. The van der Waals surface area contributed by atoms with Gasteiger partial charge in [0.1, 0.15) is 17.3 Å². The maximum Gasteiger partial charge on any atom is 0.130 e. The summed E-state index contributed by atoms with van der Waals surface area (Å²) in [5.74, 6) is 0.653. The summed E-state index contributed by atoms with van der Waals surface area (Å²) in [6, 6.07) is 9.36. The molecule has 0 radical (unpaired) electrons. The van der Waals surface area contributed by atoms with E-state index in [4.69, 9.17) is 22.7 Å². The monoisotopic (exact) mass is 400 g/mol. The Morgan fingerprint density at radius 3 is 2.58 bits per heavy atom. The summed E-state index contributed by atoms with van der Waals surface area (Å²) in [7, 11) is 0. The van der Waals surface area contributed by atoms with Gasteiger partial charge in [-0.25, -0.2) is 0 Å². The first-order valence-electron chi connectivity index (χ1n) is 5.39. The fraction of sp³-hybridized carbons (Fsp3) is 0.0769. The number of thiocarbonyl (C=S) groups is 1. The summed E-state index contributed by atoms with van der Waals surface area (Å²) < 4.78 is 7.55. The van der Waals surface area contributed by atoms with Gasteiger partial charge in [-0.2, -0.15) is 0 Å². The minimum atomic E-state index is 0.306. The van der Waals surface area contributed by atoms with Gasteiger partial charge in [0.2, 0.25) is 0 Å². The van der Waals surface area contributed by atoms with Crippen molar-refractivity contribution in [2.75, 3.05) is 0 Å². The highest BCUT2D eigenvalue weighted by atomic mass is 79.9. The van der Waals surface area contributed by atoms with Gasteiger partial charge in [-0.1, -0.05) is 28.1 Å². The number of ether oxygens (including phenoxy) is 1. The van der Waals surface area contributed by atoms with Crippen LogP contribution < -0.4 is 10.5 Å². The first-order chi connectivity index (χ1) is 9.06. The highest BCUT2D eigenvalue weighted by molar-refractivity contribution is 9.10. The topological polar surface area (TPSA) is 48.1 Å². The van der Waals surface area contributed by atoms with Gasteiger partial charge in [-0.05, 0) is 46.3 Å². The van der Waals surface area contributed by atoms with Crippen molar-refractivity contribution in [2.45, 2.75) is 6.61 Å². The number of nitrogens with zero attached hydrogens (tertiary/aromatic N) is 1. The molecule has 0 saturated carbocycles. The molecule has 2 rings (SSSR count). The maximum atomic E-state index is 5.71. The van der Waals surface area contributed by atoms with E-state index in [0.29, 0.717) is 22.9 Å². The molecule has 0 aliphatic heterocycles. The zero-order valence-corrected chi connectivity index (χ0v) is 13.8. The predicted molar refractivity (Wildman–Crippen MR) is 86.3 cm³/mol. The lowest BCUT2D eigenvalue weighted by Gasteiger charge is -2.10. The lowest BCUT2D eigenvalue weighted by molar-refractivity contribution is 0.301. The third-order valence-electron chi connectivity index (χ3n) is 2.37. The molecule has 19 heavy (non-hydrogen) atoms. The molecule has 0 fully saturated rings. The second-order valence-electron chi connectivity index (χ2n) is 3.76. The Balaban J connectivity index is 2.15. The summed E-state index contributed by atoms with van der Waals surface area (Å²) in [5.41, 5.74) is 7.22. The van der Waals surface area contributed by atoms with E-state index in [2.05, 4.69) is 36.8 Å². The summed E-state index contributed by atoms with van der Waals surface area (Å²) >= 11 is 11.7. The van der Waals surface area contributed by atoms with Crippen molar-refractivity contribution in [1.82, 2.24) is 4.98 Å². The van der Waals surface area contributed by atoms with E-state index in [-0.39, 0.29) is 0 Å². The van der Waals surface area contributed by atoms with E-state index >= 15 is 0 Å². The fourth-order valence-corrected chi connectivity index (χ4v) is 2.22. The molecule has 1 aromatic carbocycles. The maximum absolute atomic E-state index is 5.71. The van der Waals surface area contributed by atoms with Crippen molar-refractivity contribution in [1.29, 1.82) is 0 Å². The number of nitrogens with two attached hydrogens (primary N) is 1. The number of pyridine rings is 1. The van der Waals surface area contributed by atoms with E-state index in [1.54, 1.807) is 6.20 Å². The number of hydrogen-bond acceptors (Lipinski definition) is 3. The largest absolute Gasteiger partial charge is 0.487 e. The molecule has 98 valence electrons. The Labute approximate surface area is 133 Å². The van der Waals surface area contributed by atoms with Gasteiger partial charge < -0.3 is 10.5 Å². The molecule has 0 atom stereocenters. The number of halogens is 2. The second-order valence-corrected chi connectivity index (χ2v) is 6.03. The summed E-state index contributed by atoms with van der Waals surface area (Å²) in [6.45, 7) is 0.366. The number of rotatable bonds is 4. The van der Waals surface area contributed by atoms with Gasteiger partial charge in [0.25, 0.3) is 0 Å². The summed E-state index contributed by atoms with van der Waals surface area (Å²) in [6.07, 6.45) is 1.73. The Morgan fingerprint density at radius 2 is 1.95 bits per heavy atom. The van der Waals surface area contributed by atoms with E-state index in [0.717, 1.165) is 14.6 Å². The lowest BCUT2D eigenvalue weighted by atomic mass is 10.2. The van der Waals surface area contributed by atoms with Crippen LogP contribution in [0.5, 0.6) is 5.75 Å². The van der Waals surface area contributed by atoms with Crippen LogP contribution in [-0.2, 0) is 6.61 Å². The van der Waals surface area contributed by atoms with E-state index in [1.165, 1.54) is 0 Å². The normalized spacial score (nSPS) is 10.2. The second kappa shape index (κ2) is 6.45. The SMILES string of the molecule is NC(=S)c1cc(Br)ccc1OCc1ccc(Br)cn1. The van der Waals surface area contributed by atoms with Gasteiger partial charge in [-0.15, -0.1) is 0 Å². The molecular formula is C13H10Br2N2OS. The zero-order valence-electron chi connectivity index (χ0n) is 9.77. The molecule has 1 aromatic heterocycles. The van der Waals surface area contributed by atoms with Crippen molar-refractivity contribution < 1.29 is 4.74 Å². The Kier molecular flexibility index (Phi) is 4.90. The molecule has 3 nitrogen and oxygen atoms in total. The van der Waals surface area contributed by atoms with Crippen molar-refractivity contribution in [3.05, 3.63) is 56.7 Å². The van der Waals surface area contributed by atoms with Crippen molar-refractivity contribution >= 4 is 49.1 Å². The van der Waals surface area contributed by atoms with E-state index in [9.17, 15) is 0 Å². The minimum absolute atomic E-state index is 0.306. The third kappa shape index (κ3) is 3.99. The van der Waals surface area contributed by atoms with Crippen LogP contribution in [-0.4, -0.2) is 9.97 Å². The molecule has 1 heterocycles. The van der Waals surface area contributed by atoms with Crippen LogP contribution in [0.3, 0.4) is 0 Å². The smallest absolute Gasteiger partial charge is 0.130 e. The van der Waals surface area contributed by atoms with Crippen LogP contribution in [0.1, 0.15) is 11.3 Å². The molecule has 0 amide bonds. The molecule has 0 spiro atoms. The molecule has 0 bridgehead atoms. The first-order valence-corrected chi connectivity index (χ1v) is 7.38. The fourth-order valence-electron chi connectivity index (χ4n) is 1.46. The molecule has 2 N–H and O–H groups in total. The van der Waals surface area contributed by atoms with Crippen LogP contribution in [0.2, 0.25) is 0 Å². The van der Waals surface area contributed by atoms with Crippen LogP contribution in [0.25, 0.3) is 0 Å². The molecule has 0 unspecified atom stereocenters. The molecule has 0 saturated heterocycles. The number of hydrogen-bond donors (Lipinski definition) is 1. The van der Waals surface area contributed by atoms with Crippen LogP contribution in [0.15, 0.2) is 45.5 Å². The third-order valence-corrected chi connectivity index (χ3v) is 3.55. The van der Waals surface area contributed by atoms with Gasteiger partial charge >= 0.3 is 0 Å². The van der Waals surface area contributed by atoms with Gasteiger partial charge in [-0.3, -0.25) is 4.98 Å². The Hall–Kier alpha value is -0.980. The standard InChI is InChI=1S/C13H10Br2N2OS/c14-8-2-4-12(11(5-8)13(16)19)18-7-10-3-1-9(15)6-17-10/h1-6H,7H2,(H2,16,19). The first kappa shape index (κ1) is 14.4. The zero-order chi connectivity index (χ0) is 13.8. The van der Waals surface area contributed by atoms with Crippen LogP contribution >= 0.6 is 44.1 Å². The predicted octanol–water partition coefficient (Wildman–Crippen LogP) is 3.82. The van der Waals surface area contributed by atoms with Crippen LogP contribution in [0, 0.1) is 0 Å². The van der Waals surface area contributed by atoms with E-state index in [1.807, 2.05) is 30.3 Å². The van der Waals surface area contributed by atoms with E-state index < -0.39 is 0 Å². The van der Waals surface area contributed by atoms with Crippen LogP contribution in [0.4, 0.5) is 0 Å². The van der Waals surface area contributed by atoms with Crippen molar-refractivity contribution in [3.8, 4) is 5.75 Å². The molecule has 2 aromatic rings. The number of benzene rings is 1. The molecule has 0 aliphatic carbocycles. The highest BCUT2D eigenvalue weighted by Crippen LogP contribution is 2.24. The lowest BCUT2D eigenvalue weighted by Crippen LogP contribution is -2.12. The van der Waals surface area contributed by atoms with Gasteiger partial charge in [0, 0.05) is 15.1 Å². The average molecular weight is 402 g/mol. The van der Waals surface area contributed by atoms with Crippen molar-refractivity contribution in [2.24, 2.45) is 5.73 Å².